The van der Waals surface area contributed by atoms with Gasteiger partial charge in [0.1, 0.15) is 0 Å². The molecule has 0 amide bonds. The lowest BCUT2D eigenvalue weighted by Crippen LogP contribution is -1.77. The molecule has 0 heterocycles. The van der Waals surface area contributed by atoms with Gasteiger partial charge in [0.25, 0.3) is 0 Å². The van der Waals surface area contributed by atoms with Gasteiger partial charge in [0.2, 0.25) is 5.41 Å². The fourth-order valence-corrected chi connectivity index (χ4v) is 1.36. The van der Waals surface area contributed by atoms with Gasteiger partial charge in [0.05, 0.1) is 0 Å². The zero-order valence-corrected chi connectivity index (χ0v) is 8.74. The van der Waals surface area contributed by atoms with Gasteiger partial charge in [0, 0.05) is 4.21 Å². The highest BCUT2D eigenvalue weighted by Crippen LogP contribution is 2.06. The van der Waals surface area contributed by atoms with E-state index in [1.807, 2.05) is 6.08 Å². The number of hydrogen-bond acceptors (Lipinski definition) is 1. The molecular formula is C10H19OS+. The van der Waals surface area contributed by atoms with Gasteiger partial charge in [-0.1, -0.05) is 39.0 Å². The maximum atomic E-state index is 9.93. The van der Waals surface area contributed by atoms with Crippen molar-refractivity contribution in [2.24, 2.45) is 0 Å². The van der Waals surface area contributed by atoms with E-state index in [9.17, 15) is 4.21 Å². The van der Waals surface area contributed by atoms with Crippen LogP contribution in [0.15, 0.2) is 11.5 Å². The maximum absolute atomic E-state index is 9.93. The van der Waals surface area contributed by atoms with Gasteiger partial charge >= 0.3 is 11.7 Å². The summed E-state index contributed by atoms with van der Waals surface area (Å²) in [6, 6.07) is 0. The molecule has 0 spiro atoms. The van der Waals surface area contributed by atoms with Gasteiger partial charge in [-0.2, -0.15) is 0 Å². The lowest BCUT2D eigenvalue weighted by Gasteiger charge is -1.96. The van der Waals surface area contributed by atoms with Crippen molar-refractivity contribution < 1.29 is 4.21 Å². The van der Waals surface area contributed by atoms with Crippen molar-refractivity contribution in [2.75, 3.05) is 0 Å². The molecule has 0 rings (SSSR count). The normalized spacial score (nSPS) is 10.8. The van der Waals surface area contributed by atoms with Crippen molar-refractivity contribution in [3.05, 3.63) is 11.5 Å². The topological polar surface area (TPSA) is 17.1 Å². The predicted octanol–water partition coefficient (Wildman–Crippen LogP) is 3.68. The number of unbranched alkanes of at least 4 members (excludes halogenated alkanes) is 6. The van der Waals surface area contributed by atoms with Crippen LogP contribution in [-0.2, 0) is 15.9 Å². The largest absolute Gasteiger partial charge is 0.496 e. The molecule has 0 fully saturated rings. The van der Waals surface area contributed by atoms with Crippen LogP contribution >= 0.6 is 0 Å². The average molecular weight is 187 g/mol. The molecule has 0 radical (unpaired) electrons. The van der Waals surface area contributed by atoms with Crippen molar-refractivity contribution in [3.63, 3.8) is 0 Å². The summed E-state index contributed by atoms with van der Waals surface area (Å²) in [4.78, 5) is 0. The summed E-state index contributed by atoms with van der Waals surface area (Å²) in [6.45, 7) is 2.23. The van der Waals surface area contributed by atoms with Crippen LogP contribution < -0.4 is 0 Å². The molecule has 0 N–H and O–H groups in total. The Balaban J connectivity index is 2.90. The molecule has 0 aliphatic heterocycles. The summed E-state index contributed by atoms with van der Waals surface area (Å²) >= 11 is 0.543. The number of rotatable bonds is 8. The molecule has 12 heavy (non-hydrogen) atoms. The van der Waals surface area contributed by atoms with Crippen LogP contribution in [0.4, 0.5) is 0 Å². The lowest BCUT2D eigenvalue weighted by molar-refractivity contribution is 0.607. The number of allylic oxidation sites excluding steroid dienone is 1. The highest BCUT2D eigenvalue weighted by atomic mass is 32.1. The molecule has 0 aromatic carbocycles. The summed E-state index contributed by atoms with van der Waals surface area (Å²) in [5.41, 5.74) is 0. The van der Waals surface area contributed by atoms with E-state index in [0.717, 1.165) is 6.42 Å². The first-order valence-electron chi connectivity index (χ1n) is 4.85. The first-order valence-corrected chi connectivity index (χ1v) is 5.66. The molecule has 2 heteroatoms. The molecule has 0 aliphatic rings. The first-order chi connectivity index (χ1) is 5.91. The highest BCUT2D eigenvalue weighted by Gasteiger charge is 1.89. The summed E-state index contributed by atoms with van der Waals surface area (Å²) in [7, 11) is 0. The molecule has 0 unspecified atom stereocenters. The molecule has 0 aromatic heterocycles. The second-order valence-corrected chi connectivity index (χ2v) is 3.49. The molecular weight excluding hydrogens is 168 g/mol. The lowest BCUT2D eigenvalue weighted by atomic mass is 10.1. The van der Waals surface area contributed by atoms with Crippen molar-refractivity contribution >= 4 is 11.7 Å². The van der Waals surface area contributed by atoms with Crippen molar-refractivity contribution in [1.29, 1.82) is 0 Å². The van der Waals surface area contributed by atoms with E-state index in [4.69, 9.17) is 0 Å². The molecule has 0 bridgehead atoms. The minimum absolute atomic E-state index is 0.543. The zero-order chi connectivity index (χ0) is 9.07. The van der Waals surface area contributed by atoms with E-state index in [1.165, 1.54) is 38.5 Å². The molecule has 70 valence electrons. The fraction of sp³-hybridized carbons (Fsp3) is 0.800. The summed E-state index contributed by atoms with van der Waals surface area (Å²) in [5.74, 6) is 0. The summed E-state index contributed by atoms with van der Waals surface area (Å²) < 4.78 is 9.93. The van der Waals surface area contributed by atoms with Crippen LogP contribution in [0.25, 0.3) is 0 Å². The molecule has 0 saturated heterocycles. The Morgan fingerprint density at radius 2 is 1.75 bits per heavy atom. The third-order valence-corrected chi connectivity index (χ3v) is 2.18. The minimum atomic E-state index is 0.543. The first kappa shape index (κ1) is 11.8. The van der Waals surface area contributed by atoms with Crippen molar-refractivity contribution in [2.45, 2.75) is 51.9 Å². The van der Waals surface area contributed by atoms with E-state index in [2.05, 4.69) is 6.92 Å². The van der Waals surface area contributed by atoms with Gasteiger partial charge in [-0.3, -0.25) is 0 Å². The fourth-order valence-electron chi connectivity index (χ4n) is 1.15. The van der Waals surface area contributed by atoms with Gasteiger partial charge in [0.15, 0.2) is 0 Å². The van der Waals surface area contributed by atoms with Gasteiger partial charge < -0.3 is 0 Å². The number of hydrogen-bond donors (Lipinski definition) is 0. The molecule has 0 atom stereocenters. The van der Waals surface area contributed by atoms with Crippen LogP contribution in [0.1, 0.15) is 51.9 Å². The van der Waals surface area contributed by atoms with E-state index < -0.39 is 0 Å². The molecule has 0 aromatic rings. The summed E-state index contributed by atoms with van der Waals surface area (Å²) in [6.07, 6.45) is 11.0. The molecule has 0 saturated carbocycles. The Bertz CT molecular complexity index is 121. The van der Waals surface area contributed by atoms with E-state index >= 15 is 0 Å². The molecule has 0 aliphatic carbocycles. The van der Waals surface area contributed by atoms with Crippen LogP contribution in [0.5, 0.6) is 0 Å². The zero-order valence-electron chi connectivity index (χ0n) is 7.92. The monoisotopic (exact) mass is 187 g/mol. The van der Waals surface area contributed by atoms with Gasteiger partial charge in [-0.15, -0.1) is 0 Å². The quantitative estimate of drug-likeness (QED) is 0.418. The second-order valence-electron chi connectivity index (χ2n) is 3.02. The van der Waals surface area contributed by atoms with Crippen LogP contribution in [0.2, 0.25) is 0 Å². The summed E-state index contributed by atoms with van der Waals surface area (Å²) in [5, 5.41) is 1.63. The third-order valence-electron chi connectivity index (χ3n) is 1.88. The predicted molar refractivity (Wildman–Crippen MR) is 55.2 cm³/mol. The SMILES string of the molecule is CCCCCCCCC=C[S+]=O. The average Bonchev–Trinajstić information content (AvgIpc) is 2.10. The Morgan fingerprint density at radius 3 is 2.42 bits per heavy atom. The van der Waals surface area contributed by atoms with Crippen molar-refractivity contribution in [1.82, 2.24) is 0 Å². The smallest absolute Gasteiger partial charge is 0.0654 e. The van der Waals surface area contributed by atoms with Crippen LogP contribution in [-0.4, -0.2) is 0 Å². The Kier molecular flexibility index (Phi) is 10.5. The van der Waals surface area contributed by atoms with E-state index in [-0.39, 0.29) is 0 Å². The third kappa shape index (κ3) is 9.76. The Hall–Kier alpha value is -0.240. The van der Waals surface area contributed by atoms with Crippen molar-refractivity contribution in [3.8, 4) is 0 Å². The minimum Gasteiger partial charge on any atom is -0.0654 e. The highest BCUT2D eigenvalue weighted by molar-refractivity contribution is 7.68. The van der Waals surface area contributed by atoms with E-state index in [0.29, 0.717) is 11.7 Å². The van der Waals surface area contributed by atoms with Crippen LogP contribution in [0.3, 0.4) is 0 Å². The van der Waals surface area contributed by atoms with Crippen LogP contribution in [0, 0.1) is 0 Å². The standard InChI is InChI=1S/C10H19OS/c1-2-3-4-5-6-7-8-9-10-12-11/h9-10H,2-8H2,1H3/q+1. The second kappa shape index (κ2) is 10.8. The molecule has 1 nitrogen and oxygen atoms in total. The Morgan fingerprint density at radius 1 is 1.08 bits per heavy atom. The Labute approximate surface area is 79.7 Å². The van der Waals surface area contributed by atoms with Gasteiger partial charge in [-0.05, 0) is 18.9 Å². The maximum Gasteiger partial charge on any atom is 0.496 e. The van der Waals surface area contributed by atoms with E-state index in [1.54, 1.807) is 5.41 Å². The van der Waals surface area contributed by atoms with Gasteiger partial charge in [-0.25, -0.2) is 0 Å².